The molecule has 226 valence electrons. The number of allylic oxidation sites excluding steroid dienone is 2. The van der Waals surface area contributed by atoms with Crippen molar-refractivity contribution in [3.63, 3.8) is 0 Å². The number of rotatable bonds is 15. The van der Waals surface area contributed by atoms with E-state index in [0.717, 1.165) is 42.1 Å². The predicted octanol–water partition coefficient (Wildman–Crippen LogP) is 8.43. The molecule has 0 bridgehead atoms. The highest BCUT2D eigenvalue weighted by atomic mass is 79.9. The molecule has 1 aliphatic rings. The van der Waals surface area contributed by atoms with Crippen molar-refractivity contribution in [2.24, 2.45) is 11.8 Å². The molecule has 0 amide bonds. The Morgan fingerprint density at radius 1 is 1.12 bits per heavy atom. The average Bonchev–Trinajstić information content (AvgIpc) is 3.39. The molecule has 41 heavy (non-hydrogen) atoms. The molecule has 4 atom stereocenters. The number of methoxy groups -OCH3 is 1. The quantitative estimate of drug-likeness (QED) is 0.121. The summed E-state index contributed by atoms with van der Waals surface area (Å²) in [4.78, 5) is 11.3. The lowest BCUT2D eigenvalue weighted by Gasteiger charge is -2.28. The number of carbonyl (C=O) groups excluding carboxylic acids is 1. The Balaban J connectivity index is 0.00000287. The Morgan fingerprint density at radius 3 is 2.56 bits per heavy atom. The standard InChI is InChI=1S/C32H41BrFNO4.C2H6/c1-32(35-2,23-39-30-16-11-10-15-28(30)34)21-20-26-24(12-6-4-5-7-17-31(36)37-3)18-19-29(26)38-22-25-13-8-9-14-27(25)33;1-2/h4,6,8-11,13-16,20-21,24,26,29,35H,5,7,12,17-19,22-23H2,1-3H3;1-2H3/b6-4-,21-20+;/t24-,26+,29+,32?;/m0./s1. The third kappa shape index (κ3) is 11.7. The Hall–Kier alpha value is -2.48. The molecule has 0 saturated heterocycles. The number of unbranched alkanes of at least 4 members (excludes halogenated alkanes) is 1. The average molecular weight is 633 g/mol. The van der Waals surface area contributed by atoms with Gasteiger partial charge >= 0.3 is 5.97 Å². The van der Waals surface area contributed by atoms with Gasteiger partial charge in [0.05, 0.1) is 25.4 Å². The zero-order chi connectivity index (χ0) is 30.1. The molecular formula is C34H47BrFNO4. The lowest BCUT2D eigenvalue weighted by molar-refractivity contribution is -0.140. The number of benzene rings is 2. The van der Waals surface area contributed by atoms with E-state index in [4.69, 9.17) is 14.2 Å². The van der Waals surface area contributed by atoms with Crippen molar-refractivity contribution in [3.05, 3.63) is 88.7 Å². The van der Waals surface area contributed by atoms with E-state index in [2.05, 4.69) is 51.6 Å². The predicted molar refractivity (Wildman–Crippen MR) is 168 cm³/mol. The van der Waals surface area contributed by atoms with Crippen LogP contribution in [0, 0.1) is 17.7 Å². The summed E-state index contributed by atoms with van der Waals surface area (Å²) in [6, 6.07) is 14.6. The van der Waals surface area contributed by atoms with E-state index >= 15 is 0 Å². The fourth-order valence-corrected chi connectivity index (χ4v) is 5.20. The van der Waals surface area contributed by atoms with Gasteiger partial charge in [-0.15, -0.1) is 0 Å². The molecule has 0 spiro atoms. The molecule has 5 nitrogen and oxygen atoms in total. The van der Waals surface area contributed by atoms with Crippen molar-refractivity contribution < 1.29 is 23.4 Å². The molecule has 7 heteroatoms. The van der Waals surface area contributed by atoms with Crippen LogP contribution in [0.5, 0.6) is 5.75 Å². The fraction of sp³-hybridized carbons (Fsp3) is 0.500. The molecule has 0 radical (unpaired) electrons. The number of likely N-dealkylation sites (N-methyl/N-ethyl adjacent to an activating group) is 1. The molecule has 0 aromatic heterocycles. The first-order valence-corrected chi connectivity index (χ1v) is 15.5. The number of carbonyl (C=O) groups is 1. The third-order valence-electron chi connectivity index (χ3n) is 7.41. The second-order valence-corrected chi connectivity index (χ2v) is 11.1. The summed E-state index contributed by atoms with van der Waals surface area (Å²) in [5.74, 6) is 0.387. The first-order chi connectivity index (χ1) is 19.8. The van der Waals surface area contributed by atoms with Gasteiger partial charge in [-0.2, -0.15) is 0 Å². The van der Waals surface area contributed by atoms with E-state index < -0.39 is 5.54 Å². The summed E-state index contributed by atoms with van der Waals surface area (Å²) in [7, 11) is 3.31. The van der Waals surface area contributed by atoms with Crippen LogP contribution in [0.2, 0.25) is 0 Å². The molecular weight excluding hydrogens is 585 g/mol. The van der Waals surface area contributed by atoms with E-state index in [9.17, 15) is 9.18 Å². The summed E-state index contributed by atoms with van der Waals surface area (Å²) < 4.78 is 32.2. The van der Waals surface area contributed by atoms with E-state index in [0.29, 0.717) is 25.6 Å². The van der Waals surface area contributed by atoms with Gasteiger partial charge in [-0.25, -0.2) is 4.39 Å². The van der Waals surface area contributed by atoms with Crippen LogP contribution in [0.3, 0.4) is 0 Å². The minimum Gasteiger partial charge on any atom is -0.488 e. The largest absolute Gasteiger partial charge is 0.488 e. The minimum atomic E-state index is -0.480. The zero-order valence-electron chi connectivity index (χ0n) is 25.2. The highest BCUT2D eigenvalue weighted by molar-refractivity contribution is 9.10. The normalized spacial score (nSPS) is 20.0. The number of halogens is 2. The Labute approximate surface area is 254 Å². The molecule has 2 aromatic carbocycles. The summed E-state index contributed by atoms with van der Waals surface area (Å²) in [6.45, 7) is 6.89. The maximum absolute atomic E-state index is 14.1. The van der Waals surface area contributed by atoms with Crippen LogP contribution >= 0.6 is 15.9 Å². The molecule has 2 aromatic rings. The smallest absolute Gasteiger partial charge is 0.305 e. The van der Waals surface area contributed by atoms with Crippen LogP contribution in [0.15, 0.2) is 77.3 Å². The number of para-hydroxylation sites is 1. The van der Waals surface area contributed by atoms with Gasteiger partial charge in [0, 0.05) is 16.8 Å². The molecule has 1 fully saturated rings. The monoisotopic (exact) mass is 631 g/mol. The second-order valence-electron chi connectivity index (χ2n) is 10.3. The first kappa shape index (κ1) is 34.7. The van der Waals surface area contributed by atoms with Crippen LogP contribution in [-0.2, 0) is 20.9 Å². The Kier molecular flexibility index (Phi) is 16.0. The van der Waals surface area contributed by atoms with Crippen LogP contribution < -0.4 is 10.1 Å². The van der Waals surface area contributed by atoms with Crippen molar-refractivity contribution in [1.82, 2.24) is 5.32 Å². The SMILES string of the molecule is CC.CNC(C)(/C=C/[C@@H]1[C@@H](C/C=C\CCCC(=O)OC)CC[C@H]1OCc1ccccc1Br)COc1ccccc1F. The number of nitrogens with one attached hydrogen (secondary N) is 1. The molecule has 1 saturated carbocycles. The van der Waals surface area contributed by atoms with Gasteiger partial charge in [0.25, 0.3) is 0 Å². The molecule has 0 aliphatic heterocycles. The summed E-state index contributed by atoms with van der Waals surface area (Å²) in [6.07, 6.45) is 14.0. The van der Waals surface area contributed by atoms with Crippen molar-refractivity contribution in [3.8, 4) is 5.75 Å². The van der Waals surface area contributed by atoms with Crippen molar-refractivity contribution >= 4 is 21.9 Å². The molecule has 1 unspecified atom stereocenters. The van der Waals surface area contributed by atoms with Gasteiger partial charge < -0.3 is 19.5 Å². The van der Waals surface area contributed by atoms with Gasteiger partial charge in [0.2, 0.25) is 0 Å². The van der Waals surface area contributed by atoms with E-state index in [1.807, 2.05) is 46.0 Å². The van der Waals surface area contributed by atoms with Crippen molar-refractivity contribution in [2.75, 3.05) is 20.8 Å². The van der Waals surface area contributed by atoms with E-state index in [-0.39, 0.29) is 29.6 Å². The lowest BCUT2D eigenvalue weighted by Crippen LogP contribution is -2.43. The Bertz CT molecular complexity index is 1110. The van der Waals surface area contributed by atoms with Crippen LogP contribution in [0.4, 0.5) is 4.39 Å². The van der Waals surface area contributed by atoms with Crippen LogP contribution in [0.25, 0.3) is 0 Å². The first-order valence-electron chi connectivity index (χ1n) is 14.7. The highest BCUT2D eigenvalue weighted by Gasteiger charge is 2.35. The highest BCUT2D eigenvalue weighted by Crippen LogP contribution is 2.39. The maximum Gasteiger partial charge on any atom is 0.305 e. The van der Waals surface area contributed by atoms with Gasteiger partial charge in [-0.1, -0.05) is 84.4 Å². The maximum atomic E-state index is 14.1. The minimum absolute atomic E-state index is 0.0969. The van der Waals surface area contributed by atoms with Gasteiger partial charge in [0.1, 0.15) is 6.61 Å². The summed E-state index contributed by atoms with van der Waals surface area (Å²) in [5, 5.41) is 3.33. The molecule has 1 aliphatic carbocycles. The van der Waals surface area contributed by atoms with Gasteiger partial charge in [-0.3, -0.25) is 4.79 Å². The number of hydrogen-bond acceptors (Lipinski definition) is 5. The number of hydrogen-bond donors (Lipinski definition) is 1. The van der Waals surface area contributed by atoms with E-state index in [1.165, 1.54) is 13.2 Å². The lowest BCUT2D eigenvalue weighted by atomic mass is 9.89. The van der Waals surface area contributed by atoms with Crippen molar-refractivity contribution in [2.45, 2.75) is 77.5 Å². The Morgan fingerprint density at radius 2 is 1.85 bits per heavy atom. The summed E-state index contributed by atoms with van der Waals surface area (Å²) >= 11 is 3.63. The fourth-order valence-electron chi connectivity index (χ4n) is 4.80. The van der Waals surface area contributed by atoms with E-state index in [1.54, 1.807) is 18.2 Å². The van der Waals surface area contributed by atoms with Crippen molar-refractivity contribution in [1.29, 1.82) is 0 Å². The third-order valence-corrected chi connectivity index (χ3v) is 8.19. The van der Waals surface area contributed by atoms with Gasteiger partial charge in [-0.05, 0) is 75.8 Å². The molecule has 3 rings (SSSR count). The molecule has 0 heterocycles. The number of esters is 1. The van der Waals surface area contributed by atoms with Crippen LogP contribution in [-0.4, -0.2) is 38.4 Å². The number of ether oxygens (including phenoxy) is 3. The topological polar surface area (TPSA) is 56.8 Å². The van der Waals surface area contributed by atoms with Crippen LogP contribution in [0.1, 0.15) is 64.9 Å². The summed E-state index contributed by atoms with van der Waals surface area (Å²) in [5.41, 5.74) is 0.652. The van der Waals surface area contributed by atoms with Gasteiger partial charge in [0.15, 0.2) is 11.6 Å². The second kappa shape index (κ2) is 18.9. The zero-order valence-corrected chi connectivity index (χ0v) is 26.8. The molecule has 1 N–H and O–H groups in total.